The van der Waals surface area contributed by atoms with Gasteiger partial charge in [0.1, 0.15) is 17.1 Å². The van der Waals surface area contributed by atoms with E-state index in [1.54, 1.807) is 18.3 Å². The molecule has 8 nitrogen and oxygen atoms in total. The number of nitrogens with zero attached hydrogens (tertiary/aromatic N) is 3. The number of benzene rings is 2. The summed E-state index contributed by atoms with van der Waals surface area (Å²) in [6.45, 7) is 12.6. The van der Waals surface area contributed by atoms with E-state index in [2.05, 4.69) is 46.5 Å². The predicted octanol–water partition coefficient (Wildman–Crippen LogP) is 6.12. The van der Waals surface area contributed by atoms with Crippen LogP contribution in [0.25, 0.3) is 10.9 Å². The number of rotatable bonds is 9. The van der Waals surface area contributed by atoms with E-state index in [9.17, 15) is 22.4 Å². The highest BCUT2D eigenvalue weighted by atomic mass is 32.2. The van der Waals surface area contributed by atoms with Crippen LogP contribution in [-0.2, 0) is 16.6 Å². The van der Waals surface area contributed by atoms with Crippen molar-refractivity contribution < 1.29 is 26.8 Å². The Hall–Kier alpha value is -3.31. The molecule has 11 heteroatoms. The number of anilines is 1. The Morgan fingerprint density at radius 3 is 2.02 bits per heavy atom. The minimum Gasteiger partial charge on any atom is -0.541 e. The lowest BCUT2D eigenvalue weighted by Gasteiger charge is -2.42. The van der Waals surface area contributed by atoms with Gasteiger partial charge in [-0.05, 0) is 46.5 Å². The number of amides is 2. The highest BCUT2D eigenvalue weighted by Gasteiger charge is 2.50. The summed E-state index contributed by atoms with van der Waals surface area (Å²) in [5.41, 5.74) is 1.41. The molecule has 1 aromatic heterocycles. The van der Waals surface area contributed by atoms with Crippen LogP contribution in [0, 0.1) is 5.82 Å². The third-order valence-electron chi connectivity index (χ3n) is 7.96. The van der Waals surface area contributed by atoms with E-state index >= 15 is 0 Å². The first kappa shape index (κ1) is 29.7. The standard InChI is InChI=1S/C29H36FN3O5SSi/c1-17(2)40(18(3)4,19(5)6)38-27-24-23(26(32(7)39(8,36)37)22-10-9-15-31-25(22)27)28(34)33(29(24)35)16-20-11-13-21(30)14-12-20/h9-15,17-19H,16H2,1-8H3. The van der Waals surface area contributed by atoms with Gasteiger partial charge in [0.15, 0.2) is 0 Å². The lowest BCUT2D eigenvalue weighted by Crippen LogP contribution is -2.51. The van der Waals surface area contributed by atoms with Gasteiger partial charge in [-0.3, -0.25) is 23.8 Å². The molecule has 3 aromatic rings. The van der Waals surface area contributed by atoms with Crippen molar-refractivity contribution in [3.05, 3.63) is 65.1 Å². The molecule has 2 amide bonds. The van der Waals surface area contributed by atoms with Crippen LogP contribution in [0.4, 0.5) is 10.1 Å². The van der Waals surface area contributed by atoms with Crippen LogP contribution in [0.1, 0.15) is 67.8 Å². The van der Waals surface area contributed by atoms with Crippen molar-refractivity contribution in [2.45, 2.75) is 64.7 Å². The number of hydrogen-bond donors (Lipinski definition) is 0. The van der Waals surface area contributed by atoms with E-state index in [-0.39, 0.29) is 45.7 Å². The Morgan fingerprint density at radius 2 is 1.50 bits per heavy atom. The lowest BCUT2D eigenvalue weighted by molar-refractivity contribution is 0.0642. The zero-order valence-electron chi connectivity index (χ0n) is 24.1. The second-order valence-corrected chi connectivity index (χ2v) is 18.7. The van der Waals surface area contributed by atoms with Crippen molar-refractivity contribution in [1.29, 1.82) is 0 Å². The minimum absolute atomic E-state index is 0.0163. The average molecular weight is 586 g/mol. The summed E-state index contributed by atoms with van der Waals surface area (Å²) in [5, 5.41) is 0.396. The molecule has 0 unspecified atom stereocenters. The first-order chi connectivity index (χ1) is 18.6. The summed E-state index contributed by atoms with van der Waals surface area (Å²) >= 11 is 0. The first-order valence-electron chi connectivity index (χ1n) is 13.3. The quantitative estimate of drug-likeness (QED) is 0.222. The number of carbonyl (C=O) groups is 2. The summed E-state index contributed by atoms with van der Waals surface area (Å²) in [5.74, 6) is -1.46. The van der Waals surface area contributed by atoms with E-state index in [4.69, 9.17) is 4.43 Å². The molecule has 0 bridgehead atoms. The van der Waals surface area contributed by atoms with Crippen LogP contribution in [0.5, 0.6) is 5.75 Å². The first-order valence-corrected chi connectivity index (χ1v) is 17.3. The van der Waals surface area contributed by atoms with Gasteiger partial charge in [0, 0.05) is 18.6 Å². The highest BCUT2D eigenvalue weighted by molar-refractivity contribution is 7.92. The molecule has 1 aliphatic rings. The maximum atomic E-state index is 14.1. The van der Waals surface area contributed by atoms with Gasteiger partial charge >= 0.3 is 0 Å². The molecule has 214 valence electrons. The van der Waals surface area contributed by atoms with Gasteiger partial charge in [0.2, 0.25) is 10.0 Å². The number of aromatic nitrogens is 1. The fraction of sp³-hybridized carbons (Fsp3) is 0.414. The largest absolute Gasteiger partial charge is 0.541 e. The number of pyridine rings is 1. The van der Waals surface area contributed by atoms with Crippen molar-refractivity contribution in [1.82, 2.24) is 9.88 Å². The minimum atomic E-state index is -3.83. The lowest BCUT2D eigenvalue weighted by atomic mass is 10.0. The van der Waals surface area contributed by atoms with Crippen LogP contribution < -0.4 is 8.73 Å². The predicted molar refractivity (Wildman–Crippen MR) is 157 cm³/mol. The summed E-state index contributed by atoms with van der Waals surface area (Å²) in [4.78, 5) is 33.8. The number of carbonyl (C=O) groups excluding carboxylic acids is 2. The normalized spacial score (nSPS) is 14.2. The number of fused-ring (bicyclic) bond motifs is 2. The molecule has 0 aliphatic carbocycles. The Balaban J connectivity index is 2.08. The molecule has 0 fully saturated rings. The summed E-state index contributed by atoms with van der Waals surface area (Å²) < 4.78 is 47.2. The van der Waals surface area contributed by atoms with Crippen molar-refractivity contribution in [2.75, 3.05) is 17.6 Å². The molecule has 0 N–H and O–H groups in total. The summed E-state index contributed by atoms with van der Waals surface area (Å²) in [7, 11) is -5.13. The Bertz CT molecular complexity index is 1570. The SMILES string of the molecule is CC(C)[Si](Oc1c2c(c(N(C)S(C)(=O)=O)c3cccnc13)C(=O)N(Cc1ccc(F)cc1)C2=O)(C(C)C)C(C)C. The number of halogens is 1. The van der Waals surface area contributed by atoms with E-state index in [1.807, 2.05) is 0 Å². The van der Waals surface area contributed by atoms with E-state index in [1.165, 1.54) is 31.3 Å². The van der Waals surface area contributed by atoms with Crippen LogP contribution in [0.2, 0.25) is 16.6 Å². The topological polar surface area (TPSA) is 96.9 Å². The molecule has 1 aliphatic heterocycles. The zero-order valence-corrected chi connectivity index (χ0v) is 26.0. The number of hydrogen-bond acceptors (Lipinski definition) is 6. The molecular formula is C29H36FN3O5SSi. The van der Waals surface area contributed by atoms with Crippen LogP contribution >= 0.6 is 0 Å². The van der Waals surface area contributed by atoms with Gasteiger partial charge in [0.25, 0.3) is 20.1 Å². The van der Waals surface area contributed by atoms with Gasteiger partial charge in [-0.2, -0.15) is 0 Å². The molecule has 2 heterocycles. The van der Waals surface area contributed by atoms with E-state index < -0.39 is 36.0 Å². The fourth-order valence-electron chi connectivity index (χ4n) is 6.08. The second-order valence-electron chi connectivity index (χ2n) is 11.3. The van der Waals surface area contributed by atoms with Crippen LogP contribution in [0.3, 0.4) is 0 Å². The Kier molecular flexibility index (Phi) is 7.85. The van der Waals surface area contributed by atoms with Crippen LogP contribution in [-0.4, -0.2) is 51.7 Å². The van der Waals surface area contributed by atoms with Crippen molar-refractivity contribution in [3.8, 4) is 5.75 Å². The van der Waals surface area contributed by atoms with Gasteiger partial charge in [-0.25, -0.2) is 12.8 Å². The fourth-order valence-corrected chi connectivity index (χ4v) is 11.9. The summed E-state index contributed by atoms with van der Waals surface area (Å²) in [6, 6.07) is 8.89. The van der Waals surface area contributed by atoms with Crippen molar-refractivity contribution >= 4 is 46.7 Å². The zero-order chi connectivity index (χ0) is 29.7. The highest BCUT2D eigenvalue weighted by Crippen LogP contribution is 2.49. The smallest absolute Gasteiger partial charge is 0.265 e. The monoisotopic (exact) mass is 585 g/mol. The van der Waals surface area contributed by atoms with Crippen molar-refractivity contribution in [2.24, 2.45) is 0 Å². The van der Waals surface area contributed by atoms with Crippen molar-refractivity contribution in [3.63, 3.8) is 0 Å². The second kappa shape index (κ2) is 10.6. The molecule has 4 rings (SSSR count). The van der Waals surface area contributed by atoms with E-state index in [0.717, 1.165) is 15.5 Å². The molecule has 40 heavy (non-hydrogen) atoms. The summed E-state index contributed by atoms with van der Waals surface area (Å²) in [6.07, 6.45) is 2.60. The molecular weight excluding hydrogens is 549 g/mol. The van der Waals surface area contributed by atoms with Gasteiger partial charge < -0.3 is 4.43 Å². The maximum absolute atomic E-state index is 14.1. The van der Waals surface area contributed by atoms with Crippen LogP contribution in [0.15, 0.2) is 42.6 Å². The molecule has 0 radical (unpaired) electrons. The third-order valence-corrected chi connectivity index (χ3v) is 15.1. The molecule has 0 saturated carbocycles. The Morgan fingerprint density at radius 1 is 0.950 bits per heavy atom. The Labute approximate surface area is 236 Å². The van der Waals surface area contributed by atoms with E-state index in [0.29, 0.717) is 16.5 Å². The van der Waals surface area contributed by atoms with Gasteiger partial charge in [-0.1, -0.05) is 53.7 Å². The third kappa shape index (κ3) is 4.79. The molecule has 0 spiro atoms. The number of sulfonamides is 1. The molecule has 0 saturated heterocycles. The van der Waals surface area contributed by atoms with Gasteiger partial charge in [-0.15, -0.1) is 0 Å². The molecule has 2 aromatic carbocycles. The maximum Gasteiger partial charge on any atom is 0.265 e. The van der Waals surface area contributed by atoms with Gasteiger partial charge in [0.05, 0.1) is 29.6 Å². The number of imide groups is 1. The molecule has 0 atom stereocenters. The average Bonchev–Trinajstić information content (AvgIpc) is 3.11.